The highest BCUT2D eigenvalue weighted by Gasteiger charge is 2.05. The summed E-state index contributed by atoms with van der Waals surface area (Å²) in [6, 6.07) is 6.20. The van der Waals surface area contributed by atoms with Crippen LogP contribution in [0.2, 0.25) is 0 Å². The van der Waals surface area contributed by atoms with Crippen molar-refractivity contribution in [1.29, 1.82) is 5.41 Å². The number of thiazole rings is 1. The molecule has 2 rings (SSSR count). The molecule has 0 aliphatic carbocycles. The van der Waals surface area contributed by atoms with E-state index in [1.54, 1.807) is 16.7 Å². The molecule has 0 bridgehead atoms. The second-order valence-corrected chi connectivity index (χ2v) is 4.62. The SMILES string of the molecule is Cc1cn(-c2ccc(OC(F)F)cc2)c(=N)s1. The predicted octanol–water partition coefficient (Wildman–Crippen LogP) is 2.93. The molecular formula is C11H10F2N2OS. The maximum absolute atomic E-state index is 12.0. The van der Waals surface area contributed by atoms with Gasteiger partial charge in [0.05, 0.1) is 0 Å². The van der Waals surface area contributed by atoms with Crippen LogP contribution < -0.4 is 9.54 Å². The monoisotopic (exact) mass is 256 g/mol. The fraction of sp³-hybridized carbons (Fsp3) is 0.182. The Balaban J connectivity index is 2.29. The molecule has 0 amide bonds. The van der Waals surface area contributed by atoms with Crippen LogP contribution in [0, 0.1) is 12.3 Å². The molecule has 3 nitrogen and oxygen atoms in total. The van der Waals surface area contributed by atoms with E-state index in [0.717, 1.165) is 10.6 Å². The number of ether oxygens (including phenoxy) is 1. The molecule has 0 saturated heterocycles. The van der Waals surface area contributed by atoms with Crippen LogP contribution in [0.1, 0.15) is 4.88 Å². The number of nitrogens with zero attached hydrogens (tertiary/aromatic N) is 1. The first-order valence-electron chi connectivity index (χ1n) is 4.85. The minimum absolute atomic E-state index is 0.114. The third-order valence-corrected chi connectivity index (χ3v) is 2.94. The number of halogens is 2. The first-order chi connectivity index (χ1) is 8.06. The lowest BCUT2D eigenvalue weighted by atomic mass is 10.3. The molecule has 17 heavy (non-hydrogen) atoms. The van der Waals surface area contributed by atoms with Gasteiger partial charge in [-0.25, -0.2) is 0 Å². The first-order valence-corrected chi connectivity index (χ1v) is 5.67. The van der Waals surface area contributed by atoms with E-state index in [0.29, 0.717) is 4.80 Å². The zero-order chi connectivity index (χ0) is 12.4. The minimum Gasteiger partial charge on any atom is -0.435 e. The van der Waals surface area contributed by atoms with E-state index in [9.17, 15) is 8.78 Å². The molecule has 0 spiro atoms. The zero-order valence-corrected chi connectivity index (χ0v) is 9.80. The van der Waals surface area contributed by atoms with Gasteiger partial charge in [0.25, 0.3) is 0 Å². The van der Waals surface area contributed by atoms with E-state index in [2.05, 4.69) is 4.74 Å². The summed E-state index contributed by atoms with van der Waals surface area (Å²) in [4.78, 5) is 1.41. The molecule has 0 fully saturated rings. The molecule has 2 aromatic rings. The first kappa shape index (κ1) is 11.8. The number of rotatable bonds is 3. The van der Waals surface area contributed by atoms with Crippen LogP contribution in [0.5, 0.6) is 5.75 Å². The van der Waals surface area contributed by atoms with Gasteiger partial charge in [0.1, 0.15) is 5.75 Å². The van der Waals surface area contributed by atoms with Crippen molar-refractivity contribution >= 4 is 11.3 Å². The number of hydrogen-bond donors (Lipinski definition) is 1. The molecule has 1 aromatic heterocycles. The van der Waals surface area contributed by atoms with E-state index < -0.39 is 6.61 Å². The molecule has 0 radical (unpaired) electrons. The number of aryl methyl sites for hydroxylation is 1. The Morgan fingerprint density at radius 2 is 1.94 bits per heavy atom. The summed E-state index contributed by atoms with van der Waals surface area (Å²) in [5.74, 6) is 0.114. The van der Waals surface area contributed by atoms with Gasteiger partial charge in [0, 0.05) is 16.8 Å². The second-order valence-electron chi connectivity index (χ2n) is 3.39. The van der Waals surface area contributed by atoms with Crippen molar-refractivity contribution < 1.29 is 13.5 Å². The van der Waals surface area contributed by atoms with Crippen molar-refractivity contribution in [1.82, 2.24) is 4.57 Å². The summed E-state index contributed by atoms with van der Waals surface area (Å²) in [6.45, 7) is -0.906. The average Bonchev–Trinajstić information content (AvgIpc) is 2.58. The van der Waals surface area contributed by atoms with Crippen LogP contribution in [-0.4, -0.2) is 11.2 Å². The number of alkyl halides is 2. The van der Waals surface area contributed by atoms with Crippen LogP contribution in [0.25, 0.3) is 5.69 Å². The number of aromatic nitrogens is 1. The summed E-state index contributed by atoms with van der Waals surface area (Å²) in [7, 11) is 0. The molecule has 6 heteroatoms. The molecule has 0 saturated carbocycles. The fourth-order valence-corrected chi connectivity index (χ4v) is 2.17. The number of hydrogen-bond acceptors (Lipinski definition) is 3. The normalized spacial score (nSPS) is 10.8. The Morgan fingerprint density at radius 3 is 2.41 bits per heavy atom. The Hall–Kier alpha value is -1.69. The van der Waals surface area contributed by atoms with Gasteiger partial charge >= 0.3 is 6.61 Å². The van der Waals surface area contributed by atoms with Crippen LogP contribution in [0.4, 0.5) is 8.78 Å². The largest absolute Gasteiger partial charge is 0.435 e. The second kappa shape index (κ2) is 4.67. The molecule has 90 valence electrons. The number of nitrogens with one attached hydrogen (secondary N) is 1. The van der Waals surface area contributed by atoms with Crippen molar-refractivity contribution in [2.45, 2.75) is 13.5 Å². The van der Waals surface area contributed by atoms with Crippen LogP contribution in [0.15, 0.2) is 30.5 Å². The van der Waals surface area contributed by atoms with Gasteiger partial charge in [-0.1, -0.05) is 0 Å². The van der Waals surface area contributed by atoms with Crippen molar-refractivity contribution in [3.63, 3.8) is 0 Å². The lowest BCUT2D eigenvalue weighted by molar-refractivity contribution is -0.0498. The molecular weight excluding hydrogens is 246 g/mol. The van der Waals surface area contributed by atoms with Crippen LogP contribution >= 0.6 is 11.3 Å². The Morgan fingerprint density at radius 1 is 1.29 bits per heavy atom. The topological polar surface area (TPSA) is 38.0 Å². The van der Waals surface area contributed by atoms with Crippen molar-refractivity contribution in [2.75, 3.05) is 0 Å². The Bertz CT molecular complexity index is 560. The van der Waals surface area contributed by atoms with E-state index in [1.165, 1.54) is 23.5 Å². The summed E-state index contributed by atoms with van der Waals surface area (Å²) in [5, 5.41) is 7.73. The average molecular weight is 256 g/mol. The quantitative estimate of drug-likeness (QED) is 0.900. The van der Waals surface area contributed by atoms with Gasteiger partial charge in [-0.05, 0) is 31.2 Å². The third kappa shape index (κ3) is 2.71. The van der Waals surface area contributed by atoms with Gasteiger partial charge in [-0.2, -0.15) is 8.78 Å². The van der Waals surface area contributed by atoms with Crippen molar-refractivity contribution in [3.8, 4) is 11.4 Å². The lowest BCUT2D eigenvalue weighted by Gasteiger charge is -2.06. The zero-order valence-electron chi connectivity index (χ0n) is 8.98. The van der Waals surface area contributed by atoms with Crippen molar-refractivity contribution in [2.24, 2.45) is 0 Å². The predicted molar refractivity (Wildman–Crippen MR) is 60.9 cm³/mol. The van der Waals surface area contributed by atoms with Gasteiger partial charge in [-0.3, -0.25) is 9.98 Å². The third-order valence-electron chi connectivity index (χ3n) is 2.13. The highest BCUT2D eigenvalue weighted by Crippen LogP contribution is 2.17. The smallest absolute Gasteiger partial charge is 0.387 e. The standard InChI is InChI=1S/C11H10F2N2OS/c1-7-6-15(11(14)17-7)8-2-4-9(5-3-8)16-10(12)13/h2-6,10,14H,1H3. The lowest BCUT2D eigenvalue weighted by Crippen LogP contribution is -2.09. The highest BCUT2D eigenvalue weighted by atomic mass is 32.1. The molecule has 0 aliphatic heterocycles. The Labute approximate surface area is 100 Å². The maximum Gasteiger partial charge on any atom is 0.387 e. The molecule has 0 atom stereocenters. The minimum atomic E-state index is -2.82. The molecule has 0 unspecified atom stereocenters. The molecule has 1 aromatic carbocycles. The van der Waals surface area contributed by atoms with E-state index in [-0.39, 0.29) is 5.75 Å². The summed E-state index contributed by atoms with van der Waals surface area (Å²) < 4.78 is 29.9. The summed E-state index contributed by atoms with van der Waals surface area (Å²) >= 11 is 1.36. The maximum atomic E-state index is 12.0. The number of benzene rings is 1. The van der Waals surface area contributed by atoms with Crippen LogP contribution in [-0.2, 0) is 0 Å². The fourth-order valence-electron chi connectivity index (χ4n) is 1.45. The molecule has 1 heterocycles. The molecule has 0 aliphatic rings. The highest BCUT2D eigenvalue weighted by molar-refractivity contribution is 7.09. The van der Waals surface area contributed by atoms with Gasteiger partial charge in [-0.15, -0.1) is 11.3 Å². The van der Waals surface area contributed by atoms with E-state index >= 15 is 0 Å². The molecule has 1 N–H and O–H groups in total. The summed E-state index contributed by atoms with van der Waals surface area (Å²) in [5.41, 5.74) is 0.751. The van der Waals surface area contributed by atoms with Gasteiger partial charge in [0.2, 0.25) is 0 Å². The van der Waals surface area contributed by atoms with E-state index in [1.807, 2.05) is 13.1 Å². The van der Waals surface area contributed by atoms with Gasteiger partial charge in [0.15, 0.2) is 4.80 Å². The van der Waals surface area contributed by atoms with Crippen molar-refractivity contribution in [3.05, 3.63) is 40.1 Å². The Kier molecular flexibility index (Phi) is 3.23. The summed E-state index contributed by atoms with van der Waals surface area (Å²) in [6.07, 6.45) is 1.83. The van der Waals surface area contributed by atoms with E-state index in [4.69, 9.17) is 5.41 Å². The van der Waals surface area contributed by atoms with Gasteiger partial charge < -0.3 is 4.74 Å². The van der Waals surface area contributed by atoms with Crippen LogP contribution in [0.3, 0.4) is 0 Å².